The van der Waals surface area contributed by atoms with Crippen LogP contribution in [0.4, 0.5) is 5.13 Å². The second kappa shape index (κ2) is 6.21. The second-order valence-corrected chi connectivity index (χ2v) is 5.22. The van der Waals surface area contributed by atoms with Crippen LogP contribution in [0.5, 0.6) is 0 Å². The van der Waals surface area contributed by atoms with Gasteiger partial charge in [0, 0.05) is 31.2 Å². The molecule has 0 unspecified atom stereocenters. The van der Waals surface area contributed by atoms with E-state index in [9.17, 15) is 0 Å². The molecule has 1 aromatic heterocycles. The van der Waals surface area contributed by atoms with Crippen LogP contribution in [-0.2, 0) is 0 Å². The average Bonchev–Trinajstić information content (AvgIpc) is 2.73. The van der Waals surface area contributed by atoms with E-state index < -0.39 is 0 Å². The van der Waals surface area contributed by atoms with Gasteiger partial charge < -0.3 is 9.80 Å². The molecule has 0 saturated carbocycles. The first-order valence-electron chi connectivity index (χ1n) is 6.27. The van der Waals surface area contributed by atoms with E-state index >= 15 is 0 Å². The largest absolute Gasteiger partial charge is 0.347 e. The van der Waals surface area contributed by atoms with Crippen LogP contribution >= 0.6 is 11.3 Å². The fourth-order valence-electron chi connectivity index (χ4n) is 2.14. The summed E-state index contributed by atoms with van der Waals surface area (Å²) in [5, 5.41) is 3.26. The highest BCUT2D eigenvalue weighted by molar-refractivity contribution is 7.13. The van der Waals surface area contributed by atoms with E-state index in [1.807, 2.05) is 6.20 Å². The fraction of sp³-hybridized carbons (Fsp3) is 0.750. The van der Waals surface area contributed by atoms with Gasteiger partial charge in [-0.25, -0.2) is 4.98 Å². The Kier molecular flexibility index (Phi) is 4.60. The maximum absolute atomic E-state index is 4.39. The SMILES string of the molecule is CCCCN1CCCN(c2nccs2)CC1. The van der Waals surface area contributed by atoms with Crippen LogP contribution in [0.1, 0.15) is 26.2 Å². The topological polar surface area (TPSA) is 19.4 Å². The van der Waals surface area contributed by atoms with Crippen LogP contribution in [0.25, 0.3) is 0 Å². The summed E-state index contributed by atoms with van der Waals surface area (Å²) in [6, 6.07) is 0. The smallest absolute Gasteiger partial charge is 0.185 e. The zero-order valence-electron chi connectivity index (χ0n) is 10.1. The van der Waals surface area contributed by atoms with Gasteiger partial charge >= 0.3 is 0 Å². The first-order chi connectivity index (χ1) is 7.90. The Morgan fingerprint density at radius 3 is 3.00 bits per heavy atom. The van der Waals surface area contributed by atoms with Gasteiger partial charge in [-0.1, -0.05) is 13.3 Å². The van der Waals surface area contributed by atoms with E-state index in [2.05, 4.69) is 27.1 Å². The molecule has 0 aliphatic carbocycles. The predicted molar refractivity (Wildman–Crippen MR) is 70.3 cm³/mol. The van der Waals surface area contributed by atoms with Gasteiger partial charge in [-0.15, -0.1) is 11.3 Å². The zero-order chi connectivity index (χ0) is 11.2. The molecule has 1 aliphatic heterocycles. The molecule has 0 amide bonds. The van der Waals surface area contributed by atoms with E-state index in [0.29, 0.717) is 0 Å². The van der Waals surface area contributed by atoms with Crippen molar-refractivity contribution in [2.24, 2.45) is 0 Å². The van der Waals surface area contributed by atoms with Gasteiger partial charge in [-0.2, -0.15) is 0 Å². The number of anilines is 1. The number of nitrogens with zero attached hydrogens (tertiary/aromatic N) is 3. The number of rotatable bonds is 4. The maximum Gasteiger partial charge on any atom is 0.185 e. The Morgan fingerprint density at radius 2 is 2.25 bits per heavy atom. The molecule has 1 aliphatic rings. The Morgan fingerprint density at radius 1 is 1.31 bits per heavy atom. The molecule has 1 aromatic rings. The van der Waals surface area contributed by atoms with Gasteiger partial charge in [0.2, 0.25) is 0 Å². The zero-order valence-corrected chi connectivity index (χ0v) is 10.9. The fourth-order valence-corrected chi connectivity index (χ4v) is 2.84. The molecule has 0 spiro atoms. The Balaban J connectivity index is 1.83. The van der Waals surface area contributed by atoms with E-state index in [1.54, 1.807) is 11.3 Å². The van der Waals surface area contributed by atoms with Crippen molar-refractivity contribution in [2.75, 3.05) is 37.6 Å². The van der Waals surface area contributed by atoms with Crippen LogP contribution < -0.4 is 4.90 Å². The molecule has 2 rings (SSSR count). The molecule has 16 heavy (non-hydrogen) atoms. The van der Waals surface area contributed by atoms with E-state index in [0.717, 1.165) is 13.1 Å². The summed E-state index contributed by atoms with van der Waals surface area (Å²) in [6.07, 6.45) is 5.80. The summed E-state index contributed by atoms with van der Waals surface area (Å²) in [5.41, 5.74) is 0. The molecule has 1 fully saturated rings. The summed E-state index contributed by atoms with van der Waals surface area (Å²) >= 11 is 1.75. The summed E-state index contributed by atoms with van der Waals surface area (Å²) in [5.74, 6) is 0. The highest BCUT2D eigenvalue weighted by atomic mass is 32.1. The number of hydrogen-bond acceptors (Lipinski definition) is 4. The van der Waals surface area contributed by atoms with Crippen molar-refractivity contribution in [3.8, 4) is 0 Å². The Hall–Kier alpha value is -0.610. The third-order valence-electron chi connectivity index (χ3n) is 3.11. The lowest BCUT2D eigenvalue weighted by molar-refractivity contribution is 0.289. The molecule has 4 heteroatoms. The van der Waals surface area contributed by atoms with Gasteiger partial charge in [-0.3, -0.25) is 0 Å². The molecule has 0 aromatic carbocycles. The molecule has 3 nitrogen and oxygen atoms in total. The van der Waals surface area contributed by atoms with Crippen molar-refractivity contribution < 1.29 is 0 Å². The Bertz CT molecular complexity index is 286. The highest BCUT2D eigenvalue weighted by Crippen LogP contribution is 2.18. The molecule has 0 N–H and O–H groups in total. The summed E-state index contributed by atoms with van der Waals surface area (Å²) in [4.78, 5) is 9.42. The van der Waals surface area contributed by atoms with Crippen molar-refractivity contribution in [1.29, 1.82) is 0 Å². The summed E-state index contributed by atoms with van der Waals surface area (Å²) in [7, 11) is 0. The van der Waals surface area contributed by atoms with E-state index in [-0.39, 0.29) is 0 Å². The normalized spacial score (nSPS) is 18.7. The third-order valence-corrected chi connectivity index (χ3v) is 3.94. The van der Waals surface area contributed by atoms with Crippen LogP contribution in [0, 0.1) is 0 Å². The lowest BCUT2D eigenvalue weighted by Gasteiger charge is -2.21. The number of hydrogen-bond donors (Lipinski definition) is 0. The third kappa shape index (κ3) is 3.19. The average molecular weight is 239 g/mol. The van der Waals surface area contributed by atoms with Gasteiger partial charge in [0.05, 0.1) is 0 Å². The number of aromatic nitrogens is 1. The summed E-state index contributed by atoms with van der Waals surface area (Å²) < 4.78 is 0. The quantitative estimate of drug-likeness (QED) is 0.804. The number of unbranched alkanes of at least 4 members (excludes halogenated alkanes) is 1. The van der Waals surface area contributed by atoms with Crippen LogP contribution in [0.2, 0.25) is 0 Å². The predicted octanol–water partition coefficient (Wildman–Crippen LogP) is 2.46. The minimum absolute atomic E-state index is 1.14. The molecule has 0 atom stereocenters. The minimum Gasteiger partial charge on any atom is -0.347 e. The molecular formula is C12H21N3S. The van der Waals surface area contributed by atoms with Gasteiger partial charge in [0.1, 0.15) is 0 Å². The van der Waals surface area contributed by atoms with Gasteiger partial charge in [0.25, 0.3) is 0 Å². The molecule has 2 heterocycles. The van der Waals surface area contributed by atoms with Crippen molar-refractivity contribution in [3.63, 3.8) is 0 Å². The van der Waals surface area contributed by atoms with Gasteiger partial charge in [0.15, 0.2) is 5.13 Å². The molecule has 90 valence electrons. The standard InChI is InChI=1S/C12H21N3S/c1-2-3-6-14-7-4-8-15(10-9-14)12-13-5-11-16-12/h5,11H,2-4,6-10H2,1H3. The first-order valence-corrected chi connectivity index (χ1v) is 7.15. The molecule has 0 bridgehead atoms. The van der Waals surface area contributed by atoms with Crippen LogP contribution in [0.3, 0.4) is 0 Å². The maximum atomic E-state index is 4.39. The minimum atomic E-state index is 1.14. The number of thiazole rings is 1. The van der Waals surface area contributed by atoms with Crippen molar-refractivity contribution >= 4 is 16.5 Å². The van der Waals surface area contributed by atoms with Crippen molar-refractivity contribution in [3.05, 3.63) is 11.6 Å². The van der Waals surface area contributed by atoms with Crippen molar-refractivity contribution in [2.45, 2.75) is 26.2 Å². The van der Waals surface area contributed by atoms with Crippen LogP contribution in [0.15, 0.2) is 11.6 Å². The second-order valence-electron chi connectivity index (χ2n) is 4.35. The summed E-state index contributed by atoms with van der Waals surface area (Å²) in [6.45, 7) is 8.27. The van der Waals surface area contributed by atoms with Crippen molar-refractivity contribution in [1.82, 2.24) is 9.88 Å². The first kappa shape index (κ1) is 11.9. The monoisotopic (exact) mass is 239 g/mol. The lowest BCUT2D eigenvalue weighted by Crippen LogP contribution is -2.31. The lowest BCUT2D eigenvalue weighted by atomic mass is 10.3. The van der Waals surface area contributed by atoms with E-state index in [1.165, 1.54) is 44.0 Å². The van der Waals surface area contributed by atoms with E-state index in [4.69, 9.17) is 0 Å². The molecule has 0 radical (unpaired) electrons. The molecular weight excluding hydrogens is 218 g/mol. The molecule has 1 saturated heterocycles. The van der Waals surface area contributed by atoms with Crippen LogP contribution in [-0.4, -0.2) is 42.6 Å². The van der Waals surface area contributed by atoms with Gasteiger partial charge in [-0.05, 0) is 25.9 Å². The Labute approximate surface area is 102 Å². The highest BCUT2D eigenvalue weighted by Gasteiger charge is 2.15.